The van der Waals surface area contributed by atoms with Gasteiger partial charge in [-0.3, -0.25) is 0 Å². The molecule has 2 aromatic rings. The minimum absolute atomic E-state index is 0.170. The molecule has 1 fully saturated rings. The van der Waals surface area contributed by atoms with Gasteiger partial charge in [-0.2, -0.15) is 0 Å². The lowest BCUT2D eigenvalue weighted by atomic mass is 10.0. The van der Waals surface area contributed by atoms with Crippen molar-refractivity contribution < 1.29 is 18.7 Å². The zero-order chi connectivity index (χ0) is 16.0. The van der Waals surface area contributed by atoms with Crippen molar-refractivity contribution in [2.45, 2.75) is 51.2 Å². The number of hydrogen-bond acceptors (Lipinski definition) is 5. The van der Waals surface area contributed by atoms with Crippen molar-refractivity contribution in [2.75, 3.05) is 0 Å². The van der Waals surface area contributed by atoms with E-state index in [9.17, 15) is 4.79 Å². The van der Waals surface area contributed by atoms with Crippen molar-refractivity contribution in [1.29, 1.82) is 0 Å². The molecule has 1 aliphatic heterocycles. The lowest BCUT2D eigenvalue weighted by Gasteiger charge is -2.18. The number of para-hydroxylation sites is 1. The zero-order valence-electron chi connectivity index (χ0n) is 13.3. The van der Waals surface area contributed by atoms with Crippen molar-refractivity contribution >= 4 is 5.97 Å². The second kappa shape index (κ2) is 5.11. The lowest BCUT2D eigenvalue weighted by Crippen LogP contribution is -2.25. The van der Waals surface area contributed by atoms with Crippen molar-refractivity contribution in [3.8, 4) is 5.75 Å². The van der Waals surface area contributed by atoms with Gasteiger partial charge in [0, 0.05) is 17.9 Å². The van der Waals surface area contributed by atoms with E-state index in [0.29, 0.717) is 11.8 Å². The summed E-state index contributed by atoms with van der Waals surface area (Å²) in [6.45, 7) is 4.28. The fourth-order valence-corrected chi connectivity index (χ4v) is 2.91. The maximum absolute atomic E-state index is 12.1. The summed E-state index contributed by atoms with van der Waals surface area (Å²) in [5.41, 5.74) is 2.06. The van der Waals surface area contributed by atoms with E-state index >= 15 is 0 Å². The topological polar surface area (TPSA) is 61.6 Å². The van der Waals surface area contributed by atoms with Gasteiger partial charge < -0.3 is 13.9 Å². The molecule has 0 unspecified atom stereocenters. The molecule has 1 aromatic heterocycles. The first-order chi connectivity index (χ1) is 11.0. The highest BCUT2D eigenvalue weighted by Crippen LogP contribution is 2.39. The van der Waals surface area contributed by atoms with Crippen LogP contribution in [0, 0.1) is 0 Å². The van der Waals surface area contributed by atoms with Crippen LogP contribution in [0.3, 0.4) is 0 Å². The van der Waals surface area contributed by atoms with Crippen LogP contribution < -0.4 is 4.74 Å². The van der Waals surface area contributed by atoms with Gasteiger partial charge in [0.1, 0.15) is 24.2 Å². The second-order valence-corrected chi connectivity index (χ2v) is 6.87. The molecule has 0 spiro atoms. The maximum Gasteiger partial charge on any atom is 0.360 e. The van der Waals surface area contributed by atoms with Crippen LogP contribution in [0.2, 0.25) is 0 Å². The molecule has 120 valence electrons. The van der Waals surface area contributed by atoms with Crippen molar-refractivity contribution in [1.82, 2.24) is 4.98 Å². The van der Waals surface area contributed by atoms with Crippen LogP contribution in [-0.4, -0.2) is 16.6 Å². The van der Waals surface area contributed by atoms with Crippen LogP contribution in [0.5, 0.6) is 5.75 Å². The normalized spacial score (nSPS) is 18.3. The molecule has 2 aliphatic rings. The number of aromatic nitrogens is 1. The van der Waals surface area contributed by atoms with E-state index in [1.165, 1.54) is 6.26 Å². The van der Waals surface area contributed by atoms with E-state index in [2.05, 4.69) is 24.9 Å². The predicted molar refractivity (Wildman–Crippen MR) is 82.5 cm³/mol. The number of nitrogens with zero attached hydrogens (tertiary/aromatic N) is 1. The quantitative estimate of drug-likeness (QED) is 0.807. The van der Waals surface area contributed by atoms with Crippen molar-refractivity contribution in [3.63, 3.8) is 0 Å². The first-order valence-corrected chi connectivity index (χ1v) is 7.94. The summed E-state index contributed by atoms with van der Waals surface area (Å²) in [4.78, 5) is 16.3. The van der Waals surface area contributed by atoms with Crippen LogP contribution in [0.25, 0.3) is 0 Å². The SMILES string of the molecule is CC1(C)Cc2cccc(COC(=O)c3coc(C4CC4)n3)c2O1. The van der Waals surface area contributed by atoms with Crippen LogP contribution in [0.1, 0.15) is 60.1 Å². The Morgan fingerprint density at radius 1 is 1.39 bits per heavy atom. The molecule has 5 nitrogen and oxygen atoms in total. The first kappa shape index (κ1) is 14.3. The molecule has 23 heavy (non-hydrogen) atoms. The average Bonchev–Trinajstić information content (AvgIpc) is 3.14. The number of benzene rings is 1. The number of carbonyl (C=O) groups excluding carboxylic acids is 1. The summed E-state index contributed by atoms with van der Waals surface area (Å²) in [6.07, 6.45) is 4.40. The summed E-state index contributed by atoms with van der Waals surface area (Å²) < 4.78 is 16.7. The van der Waals surface area contributed by atoms with Crippen LogP contribution in [0.4, 0.5) is 0 Å². The smallest absolute Gasteiger partial charge is 0.360 e. The number of carbonyl (C=O) groups is 1. The standard InChI is InChI=1S/C18H19NO4/c1-18(2)8-12-4-3-5-13(15(12)23-18)9-22-17(20)14-10-21-16(19-14)11-6-7-11/h3-5,10-11H,6-9H2,1-2H3. The molecule has 0 radical (unpaired) electrons. The molecule has 0 atom stereocenters. The van der Waals surface area contributed by atoms with E-state index in [4.69, 9.17) is 13.9 Å². The third-order valence-electron chi connectivity index (χ3n) is 4.19. The van der Waals surface area contributed by atoms with E-state index in [0.717, 1.165) is 36.1 Å². The molecule has 5 heteroatoms. The van der Waals surface area contributed by atoms with Gasteiger partial charge in [0.15, 0.2) is 11.6 Å². The fourth-order valence-electron chi connectivity index (χ4n) is 2.91. The highest BCUT2D eigenvalue weighted by Gasteiger charge is 2.32. The van der Waals surface area contributed by atoms with E-state index in [-0.39, 0.29) is 17.9 Å². The van der Waals surface area contributed by atoms with Gasteiger partial charge in [-0.05, 0) is 32.3 Å². The number of hydrogen-bond donors (Lipinski definition) is 0. The van der Waals surface area contributed by atoms with Gasteiger partial charge >= 0.3 is 5.97 Å². The van der Waals surface area contributed by atoms with Crippen molar-refractivity contribution in [2.24, 2.45) is 0 Å². The molecule has 4 rings (SSSR count). The highest BCUT2D eigenvalue weighted by molar-refractivity contribution is 5.86. The Balaban J connectivity index is 1.45. The minimum Gasteiger partial charge on any atom is -0.487 e. The van der Waals surface area contributed by atoms with Crippen LogP contribution in [0.15, 0.2) is 28.9 Å². The number of oxazole rings is 1. The molecule has 2 heterocycles. The third kappa shape index (κ3) is 2.83. The monoisotopic (exact) mass is 313 g/mol. The van der Waals surface area contributed by atoms with E-state index in [1.807, 2.05) is 12.1 Å². The van der Waals surface area contributed by atoms with Gasteiger partial charge in [0.25, 0.3) is 0 Å². The Labute approximate surface area is 134 Å². The molecule has 1 aromatic carbocycles. The Morgan fingerprint density at radius 3 is 3.00 bits per heavy atom. The Kier molecular flexibility index (Phi) is 3.18. The highest BCUT2D eigenvalue weighted by atomic mass is 16.5. The summed E-state index contributed by atoms with van der Waals surface area (Å²) in [5, 5.41) is 0. The van der Waals surface area contributed by atoms with E-state index in [1.54, 1.807) is 0 Å². The molecule has 0 saturated heterocycles. The Morgan fingerprint density at radius 2 is 2.22 bits per heavy atom. The van der Waals surface area contributed by atoms with Gasteiger partial charge in [-0.25, -0.2) is 9.78 Å². The number of rotatable bonds is 4. The van der Waals surface area contributed by atoms with Gasteiger partial charge in [0.05, 0.1) is 0 Å². The first-order valence-electron chi connectivity index (χ1n) is 7.94. The lowest BCUT2D eigenvalue weighted by molar-refractivity contribution is 0.0459. The average molecular weight is 313 g/mol. The molecular formula is C18H19NO4. The second-order valence-electron chi connectivity index (χ2n) is 6.87. The van der Waals surface area contributed by atoms with Gasteiger partial charge in [0.2, 0.25) is 0 Å². The van der Waals surface area contributed by atoms with Crippen LogP contribution in [-0.2, 0) is 17.8 Å². The van der Waals surface area contributed by atoms with Crippen LogP contribution >= 0.6 is 0 Å². The Hall–Kier alpha value is -2.30. The molecule has 0 bridgehead atoms. The van der Waals surface area contributed by atoms with Crippen molar-refractivity contribution in [3.05, 3.63) is 47.2 Å². The van der Waals surface area contributed by atoms with Gasteiger partial charge in [-0.1, -0.05) is 18.2 Å². The zero-order valence-corrected chi connectivity index (χ0v) is 13.3. The maximum atomic E-state index is 12.1. The number of esters is 1. The number of ether oxygens (including phenoxy) is 2. The third-order valence-corrected chi connectivity index (χ3v) is 4.19. The summed E-state index contributed by atoms with van der Waals surface area (Å²) >= 11 is 0. The molecular weight excluding hydrogens is 294 g/mol. The van der Waals surface area contributed by atoms with Gasteiger partial charge in [-0.15, -0.1) is 0 Å². The van der Waals surface area contributed by atoms with E-state index < -0.39 is 5.97 Å². The minimum atomic E-state index is -0.462. The molecule has 0 amide bonds. The summed E-state index contributed by atoms with van der Waals surface area (Å²) in [7, 11) is 0. The fraction of sp³-hybridized carbons (Fsp3) is 0.444. The molecule has 0 N–H and O–H groups in total. The summed E-state index contributed by atoms with van der Waals surface area (Å²) in [5.74, 6) is 1.40. The number of fused-ring (bicyclic) bond motifs is 1. The molecule has 1 aliphatic carbocycles. The largest absolute Gasteiger partial charge is 0.487 e. The summed E-state index contributed by atoms with van der Waals surface area (Å²) in [6, 6.07) is 5.94. The predicted octanol–water partition coefficient (Wildman–Crippen LogP) is 3.62. The Bertz CT molecular complexity index is 758. The molecule has 1 saturated carbocycles.